The van der Waals surface area contributed by atoms with Crippen molar-refractivity contribution in [2.45, 2.75) is 25.7 Å². The lowest BCUT2D eigenvalue weighted by Crippen LogP contribution is -2.13. The summed E-state index contributed by atoms with van der Waals surface area (Å²) in [4.78, 5) is 12.0. The van der Waals surface area contributed by atoms with Gasteiger partial charge in [-0.3, -0.25) is 0 Å². The minimum atomic E-state index is -0.994. The first kappa shape index (κ1) is 18.8. The zero-order valence-electron chi connectivity index (χ0n) is 15.9. The Morgan fingerprint density at radius 1 is 1.18 bits per heavy atom. The molecule has 3 aromatic rings. The van der Waals surface area contributed by atoms with Gasteiger partial charge >= 0.3 is 5.97 Å². The highest BCUT2D eigenvalue weighted by Gasteiger charge is 2.22. The van der Waals surface area contributed by atoms with Crippen LogP contribution in [0, 0.1) is 6.92 Å². The lowest BCUT2D eigenvalue weighted by molar-refractivity contribution is 0.0700. The van der Waals surface area contributed by atoms with Crippen LogP contribution in [-0.2, 0) is 4.74 Å². The van der Waals surface area contributed by atoms with E-state index in [1.165, 1.54) is 16.9 Å². The fourth-order valence-electron chi connectivity index (χ4n) is 3.62. The molecule has 28 heavy (non-hydrogen) atoms. The number of carboxylic acid groups (broad SMARTS) is 1. The molecule has 6 heteroatoms. The molecular formula is C22H22O5S. The molecule has 0 amide bonds. The maximum absolute atomic E-state index is 11.8. The van der Waals surface area contributed by atoms with Crippen molar-refractivity contribution in [2.24, 2.45) is 0 Å². The summed E-state index contributed by atoms with van der Waals surface area (Å²) in [5, 5.41) is 10.4. The maximum atomic E-state index is 11.8. The number of benzene rings is 2. The Bertz CT molecular complexity index is 1000. The molecule has 1 N–H and O–H groups in total. The largest absolute Gasteiger partial charge is 0.496 e. The van der Waals surface area contributed by atoms with E-state index in [1.54, 1.807) is 7.11 Å². The average Bonchev–Trinajstić information content (AvgIpc) is 3.06. The molecule has 4 rings (SSSR count). The van der Waals surface area contributed by atoms with Crippen molar-refractivity contribution >= 4 is 27.4 Å². The fraction of sp³-hybridized carbons (Fsp3) is 0.318. The van der Waals surface area contributed by atoms with E-state index in [2.05, 4.69) is 12.1 Å². The van der Waals surface area contributed by atoms with Gasteiger partial charge in [-0.25, -0.2) is 4.79 Å². The smallest absolute Gasteiger partial charge is 0.349 e. The molecule has 146 valence electrons. The van der Waals surface area contributed by atoms with Crippen LogP contribution in [0.25, 0.3) is 10.1 Å². The van der Waals surface area contributed by atoms with E-state index in [0.717, 1.165) is 41.7 Å². The predicted octanol–water partition coefficient (Wildman–Crippen LogP) is 5.60. The lowest BCUT2D eigenvalue weighted by Gasteiger charge is -2.22. The van der Waals surface area contributed by atoms with Crippen molar-refractivity contribution in [3.8, 4) is 17.2 Å². The van der Waals surface area contributed by atoms with Gasteiger partial charge in [0.15, 0.2) is 10.6 Å². The Kier molecular flexibility index (Phi) is 5.24. The number of methoxy groups -OCH3 is 1. The van der Waals surface area contributed by atoms with Gasteiger partial charge in [0.05, 0.1) is 7.11 Å². The summed E-state index contributed by atoms with van der Waals surface area (Å²) in [6, 6.07) is 11.7. The molecule has 0 spiro atoms. The molecule has 1 saturated heterocycles. The summed E-state index contributed by atoms with van der Waals surface area (Å²) in [5.41, 5.74) is 2.22. The van der Waals surface area contributed by atoms with Crippen LogP contribution < -0.4 is 9.47 Å². The van der Waals surface area contributed by atoms with Crippen molar-refractivity contribution < 1.29 is 24.1 Å². The normalized spacial score (nSPS) is 14.9. The minimum absolute atomic E-state index is 0.191. The van der Waals surface area contributed by atoms with Gasteiger partial charge in [-0.15, -0.1) is 11.3 Å². The standard InChI is InChI=1S/C22H22O5S/c1-13-11-19-17(12-18(13)25-2)20(21(28-19)22(23)24)27-16-5-3-14(4-6-16)15-7-9-26-10-8-15/h3-6,11-12,15H,7-10H2,1-2H3,(H,23,24). The van der Waals surface area contributed by atoms with Gasteiger partial charge in [-0.1, -0.05) is 12.1 Å². The molecule has 2 heterocycles. The number of aryl methyl sites for hydroxylation is 1. The summed E-state index contributed by atoms with van der Waals surface area (Å²) in [5.74, 6) is 1.21. The second-order valence-corrected chi connectivity index (χ2v) is 7.99. The van der Waals surface area contributed by atoms with Gasteiger partial charge in [-0.05, 0) is 61.1 Å². The molecule has 1 fully saturated rings. The zero-order valence-corrected chi connectivity index (χ0v) is 16.7. The van der Waals surface area contributed by atoms with Crippen LogP contribution in [0.2, 0.25) is 0 Å². The zero-order chi connectivity index (χ0) is 19.7. The van der Waals surface area contributed by atoms with Crippen LogP contribution in [0.3, 0.4) is 0 Å². The quantitative estimate of drug-likeness (QED) is 0.606. The molecule has 0 aliphatic carbocycles. The number of rotatable bonds is 5. The third kappa shape index (κ3) is 3.57. The highest BCUT2D eigenvalue weighted by Crippen LogP contribution is 2.43. The Balaban J connectivity index is 1.68. The molecule has 0 atom stereocenters. The van der Waals surface area contributed by atoms with E-state index in [0.29, 0.717) is 23.2 Å². The molecular weight excluding hydrogens is 376 g/mol. The van der Waals surface area contributed by atoms with Crippen molar-refractivity contribution in [1.29, 1.82) is 0 Å². The van der Waals surface area contributed by atoms with E-state index in [-0.39, 0.29) is 4.88 Å². The van der Waals surface area contributed by atoms with E-state index in [1.807, 2.05) is 31.2 Å². The van der Waals surface area contributed by atoms with Gasteiger partial charge in [0, 0.05) is 23.3 Å². The number of hydrogen-bond acceptors (Lipinski definition) is 5. The first-order valence-electron chi connectivity index (χ1n) is 9.27. The van der Waals surface area contributed by atoms with Crippen LogP contribution in [0.15, 0.2) is 36.4 Å². The second-order valence-electron chi connectivity index (χ2n) is 6.94. The number of thiophene rings is 1. The Labute approximate surface area is 167 Å². The Morgan fingerprint density at radius 3 is 2.54 bits per heavy atom. The fourth-order valence-corrected chi connectivity index (χ4v) is 4.67. The Hall–Kier alpha value is -2.57. The second kappa shape index (κ2) is 7.81. The maximum Gasteiger partial charge on any atom is 0.349 e. The monoisotopic (exact) mass is 398 g/mol. The molecule has 1 aromatic heterocycles. The number of aromatic carboxylic acids is 1. The molecule has 1 aliphatic heterocycles. The van der Waals surface area contributed by atoms with Crippen molar-refractivity contribution in [2.75, 3.05) is 20.3 Å². The summed E-state index contributed by atoms with van der Waals surface area (Å²) in [6.07, 6.45) is 2.05. The SMILES string of the molecule is COc1cc2c(Oc3ccc(C4CCOCC4)cc3)c(C(=O)O)sc2cc1C. The molecule has 0 unspecified atom stereocenters. The van der Waals surface area contributed by atoms with Gasteiger partial charge in [0.25, 0.3) is 0 Å². The average molecular weight is 398 g/mol. The van der Waals surface area contributed by atoms with Gasteiger partial charge in [-0.2, -0.15) is 0 Å². The van der Waals surface area contributed by atoms with Crippen LogP contribution in [0.4, 0.5) is 0 Å². The van der Waals surface area contributed by atoms with Crippen LogP contribution in [0.5, 0.6) is 17.2 Å². The molecule has 0 bridgehead atoms. The summed E-state index contributed by atoms with van der Waals surface area (Å²) < 4.78 is 17.8. The molecule has 0 radical (unpaired) electrons. The topological polar surface area (TPSA) is 65.0 Å². The predicted molar refractivity (Wildman–Crippen MR) is 109 cm³/mol. The molecule has 1 aliphatic rings. The van der Waals surface area contributed by atoms with E-state index < -0.39 is 5.97 Å². The highest BCUT2D eigenvalue weighted by molar-refractivity contribution is 7.21. The van der Waals surface area contributed by atoms with Gasteiger partial charge in [0.2, 0.25) is 0 Å². The van der Waals surface area contributed by atoms with Crippen LogP contribution >= 0.6 is 11.3 Å². The van der Waals surface area contributed by atoms with Crippen LogP contribution in [-0.4, -0.2) is 31.4 Å². The summed E-state index contributed by atoms with van der Waals surface area (Å²) >= 11 is 1.22. The van der Waals surface area contributed by atoms with E-state index in [9.17, 15) is 9.90 Å². The van der Waals surface area contributed by atoms with E-state index in [4.69, 9.17) is 14.2 Å². The number of ether oxygens (including phenoxy) is 3. The number of carboxylic acids is 1. The summed E-state index contributed by atoms with van der Waals surface area (Å²) in [6.45, 7) is 3.54. The first-order valence-corrected chi connectivity index (χ1v) is 10.1. The third-order valence-electron chi connectivity index (χ3n) is 5.15. The number of hydrogen-bond donors (Lipinski definition) is 1. The summed E-state index contributed by atoms with van der Waals surface area (Å²) in [7, 11) is 1.61. The van der Waals surface area contributed by atoms with Crippen LogP contribution in [0.1, 0.15) is 39.6 Å². The van der Waals surface area contributed by atoms with Crippen molar-refractivity contribution in [1.82, 2.24) is 0 Å². The van der Waals surface area contributed by atoms with Gasteiger partial charge in [0.1, 0.15) is 11.5 Å². The van der Waals surface area contributed by atoms with E-state index >= 15 is 0 Å². The third-order valence-corrected chi connectivity index (χ3v) is 6.27. The number of carbonyl (C=O) groups is 1. The lowest BCUT2D eigenvalue weighted by atomic mass is 9.92. The molecule has 0 saturated carbocycles. The van der Waals surface area contributed by atoms with Crippen molar-refractivity contribution in [3.05, 3.63) is 52.4 Å². The van der Waals surface area contributed by atoms with Crippen molar-refractivity contribution in [3.63, 3.8) is 0 Å². The Morgan fingerprint density at radius 2 is 1.89 bits per heavy atom. The highest BCUT2D eigenvalue weighted by atomic mass is 32.1. The minimum Gasteiger partial charge on any atom is -0.496 e. The molecule has 2 aromatic carbocycles. The molecule has 5 nitrogen and oxygen atoms in total. The van der Waals surface area contributed by atoms with Gasteiger partial charge < -0.3 is 19.3 Å². The number of fused-ring (bicyclic) bond motifs is 1. The first-order chi connectivity index (χ1) is 13.6.